The minimum atomic E-state index is -0.325. The van der Waals surface area contributed by atoms with Gasteiger partial charge in [0.05, 0.1) is 17.6 Å². The van der Waals surface area contributed by atoms with Crippen LogP contribution >= 0.6 is 11.8 Å². The first-order chi connectivity index (χ1) is 9.16. The molecule has 0 saturated carbocycles. The van der Waals surface area contributed by atoms with Crippen molar-refractivity contribution in [2.24, 2.45) is 0 Å². The molecule has 0 radical (unpaired) electrons. The number of thioether (sulfide) groups is 1. The molecule has 19 heavy (non-hydrogen) atoms. The van der Waals surface area contributed by atoms with Gasteiger partial charge in [-0.25, -0.2) is 9.78 Å². The third-order valence-electron chi connectivity index (χ3n) is 2.48. The number of aromatic nitrogens is 2. The SMILES string of the molecule is C=C(C)C(=O)OCCCSc1nc2ccccc2[nH]1. The summed E-state index contributed by atoms with van der Waals surface area (Å²) in [6.07, 6.45) is 0.792. The van der Waals surface area contributed by atoms with E-state index in [1.165, 1.54) is 0 Å². The number of hydrogen-bond acceptors (Lipinski definition) is 4. The minimum Gasteiger partial charge on any atom is -0.462 e. The van der Waals surface area contributed by atoms with Crippen LogP contribution in [0.3, 0.4) is 0 Å². The van der Waals surface area contributed by atoms with E-state index in [0.29, 0.717) is 12.2 Å². The molecule has 0 aliphatic rings. The molecule has 0 bridgehead atoms. The number of nitrogens with one attached hydrogen (secondary N) is 1. The summed E-state index contributed by atoms with van der Waals surface area (Å²) in [4.78, 5) is 18.8. The van der Waals surface area contributed by atoms with Crippen LogP contribution in [0.15, 0.2) is 41.6 Å². The maximum Gasteiger partial charge on any atom is 0.333 e. The third-order valence-corrected chi connectivity index (χ3v) is 3.44. The predicted molar refractivity (Wildman–Crippen MR) is 77.2 cm³/mol. The highest BCUT2D eigenvalue weighted by Gasteiger charge is 2.04. The lowest BCUT2D eigenvalue weighted by molar-refractivity contribution is -0.138. The van der Waals surface area contributed by atoms with Crippen molar-refractivity contribution in [1.82, 2.24) is 9.97 Å². The molecule has 1 N–H and O–H groups in total. The molecule has 0 aliphatic heterocycles. The zero-order chi connectivity index (χ0) is 13.7. The van der Waals surface area contributed by atoms with E-state index in [9.17, 15) is 4.79 Å². The van der Waals surface area contributed by atoms with Crippen molar-refractivity contribution in [2.45, 2.75) is 18.5 Å². The lowest BCUT2D eigenvalue weighted by atomic mass is 10.3. The Balaban J connectivity index is 1.74. The molecule has 1 aromatic heterocycles. The molecule has 0 aliphatic carbocycles. The van der Waals surface area contributed by atoms with Crippen LogP contribution in [-0.4, -0.2) is 28.3 Å². The van der Waals surface area contributed by atoms with Gasteiger partial charge in [-0.15, -0.1) is 0 Å². The number of carbonyl (C=O) groups is 1. The topological polar surface area (TPSA) is 55.0 Å². The highest BCUT2D eigenvalue weighted by Crippen LogP contribution is 2.19. The van der Waals surface area contributed by atoms with Gasteiger partial charge in [-0.3, -0.25) is 0 Å². The Hall–Kier alpha value is -1.75. The van der Waals surface area contributed by atoms with Crippen LogP contribution in [0, 0.1) is 0 Å². The minimum absolute atomic E-state index is 0.325. The first kappa shape index (κ1) is 13.7. The molecule has 1 aromatic carbocycles. The fourth-order valence-corrected chi connectivity index (χ4v) is 2.31. The fourth-order valence-electron chi connectivity index (χ4n) is 1.51. The summed E-state index contributed by atoms with van der Waals surface area (Å²) in [6, 6.07) is 7.92. The first-order valence-corrected chi connectivity index (χ1v) is 7.05. The van der Waals surface area contributed by atoms with Gasteiger partial charge in [-0.1, -0.05) is 30.5 Å². The second kappa shape index (κ2) is 6.43. The van der Waals surface area contributed by atoms with Gasteiger partial charge >= 0.3 is 5.97 Å². The molecule has 0 saturated heterocycles. The second-order valence-electron chi connectivity index (χ2n) is 4.18. The Bertz CT molecular complexity index is 559. The smallest absolute Gasteiger partial charge is 0.333 e. The van der Waals surface area contributed by atoms with E-state index in [0.717, 1.165) is 28.4 Å². The molecule has 1 heterocycles. The Morgan fingerprint density at radius 1 is 1.47 bits per heavy atom. The Labute approximate surface area is 116 Å². The summed E-state index contributed by atoms with van der Waals surface area (Å²) in [5, 5.41) is 0.896. The fraction of sp³-hybridized carbons (Fsp3) is 0.286. The summed E-state index contributed by atoms with van der Waals surface area (Å²) in [5.74, 6) is 0.525. The average Bonchev–Trinajstić information content (AvgIpc) is 2.80. The number of esters is 1. The van der Waals surface area contributed by atoms with Crippen molar-refractivity contribution in [3.63, 3.8) is 0 Å². The van der Waals surface area contributed by atoms with E-state index in [-0.39, 0.29) is 5.97 Å². The normalized spacial score (nSPS) is 10.6. The predicted octanol–water partition coefficient (Wildman–Crippen LogP) is 3.16. The number of hydrogen-bond donors (Lipinski definition) is 1. The van der Waals surface area contributed by atoms with Gasteiger partial charge in [-0.2, -0.15) is 0 Å². The van der Waals surface area contributed by atoms with Crippen LogP contribution in [0.2, 0.25) is 0 Å². The monoisotopic (exact) mass is 276 g/mol. The van der Waals surface area contributed by atoms with E-state index in [1.54, 1.807) is 18.7 Å². The number of aromatic amines is 1. The molecule has 0 atom stereocenters. The highest BCUT2D eigenvalue weighted by atomic mass is 32.2. The maximum absolute atomic E-state index is 11.1. The highest BCUT2D eigenvalue weighted by molar-refractivity contribution is 7.99. The lowest BCUT2D eigenvalue weighted by Gasteiger charge is -2.02. The van der Waals surface area contributed by atoms with Crippen LogP contribution in [-0.2, 0) is 9.53 Å². The van der Waals surface area contributed by atoms with Gasteiger partial charge in [0.15, 0.2) is 5.16 Å². The quantitative estimate of drug-likeness (QED) is 0.381. The standard InChI is InChI=1S/C14H16N2O2S/c1-10(2)13(17)18-8-5-9-19-14-15-11-6-3-4-7-12(11)16-14/h3-4,6-7H,1,5,8-9H2,2H3,(H,15,16). The Morgan fingerprint density at radius 3 is 3.00 bits per heavy atom. The van der Waals surface area contributed by atoms with Crippen LogP contribution < -0.4 is 0 Å². The number of ether oxygens (including phenoxy) is 1. The van der Waals surface area contributed by atoms with Crippen molar-refractivity contribution >= 4 is 28.8 Å². The molecule has 5 heteroatoms. The van der Waals surface area contributed by atoms with Gasteiger partial charge in [-0.05, 0) is 25.5 Å². The van der Waals surface area contributed by atoms with Crippen molar-refractivity contribution < 1.29 is 9.53 Å². The van der Waals surface area contributed by atoms with E-state index in [4.69, 9.17) is 4.74 Å². The number of H-pyrrole nitrogens is 1. The van der Waals surface area contributed by atoms with Crippen molar-refractivity contribution in [3.05, 3.63) is 36.4 Å². The number of para-hydroxylation sites is 2. The van der Waals surface area contributed by atoms with Crippen LogP contribution in [0.25, 0.3) is 11.0 Å². The second-order valence-corrected chi connectivity index (χ2v) is 5.26. The van der Waals surface area contributed by atoms with Crippen LogP contribution in [0.4, 0.5) is 0 Å². The van der Waals surface area contributed by atoms with Gasteiger partial charge in [0.25, 0.3) is 0 Å². The number of rotatable bonds is 6. The van der Waals surface area contributed by atoms with Gasteiger partial charge in [0.1, 0.15) is 0 Å². The van der Waals surface area contributed by atoms with Crippen LogP contribution in [0.5, 0.6) is 0 Å². The summed E-state index contributed by atoms with van der Waals surface area (Å²) >= 11 is 1.63. The molecule has 0 unspecified atom stereocenters. The Morgan fingerprint density at radius 2 is 2.26 bits per heavy atom. The summed E-state index contributed by atoms with van der Waals surface area (Å²) < 4.78 is 5.02. The van der Waals surface area contributed by atoms with E-state index >= 15 is 0 Å². The summed E-state index contributed by atoms with van der Waals surface area (Å²) in [5.41, 5.74) is 2.45. The van der Waals surface area contributed by atoms with Crippen molar-refractivity contribution in [3.8, 4) is 0 Å². The number of fused-ring (bicyclic) bond motifs is 1. The van der Waals surface area contributed by atoms with Crippen molar-refractivity contribution in [1.29, 1.82) is 0 Å². The molecule has 0 fully saturated rings. The number of nitrogens with zero attached hydrogens (tertiary/aromatic N) is 1. The molecule has 2 rings (SSSR count). The van der Waals surface area contributed by atoms with Crippen LogP contribution in [0.1, 0.15) is 13.3 Å². The number of carbonyl (C=O) groups excluding carboxylic acids is 1. The molecule has 0 amide bonds. The third kappa shape index (κ3) is 3.86. The van der Waals surface area contributed by atoms with Gasteiger partial charge in [0, 0.05) is 11.3 Å². The zero-order valence-corrected chi connectivity index (χ0v) is 11.6. The lowest BCUT2D eigenvalue weighted by Crippen LogP contribution is -2.06. The van der Waals surface area contributed by atoms with E-state index in [1.807, 2.05) is 24.3 Å². The molecule has 100 valence electrons. The largest absolute Gasteiger partial charge is 0.462 e. The number of imidazole rings is 1. The zero-order valence-electron chi connectivity index (χ0n) is 10.8. The molecule has 4 nitrogen and oxygen atoms in total. The average molecular weight is 276 g/mol. The summed E-state index contributed by atoms with van der Waals surface area (Å²) in [7, 11) is 0. The molecular weight excluding hydrogens is 260 g/mol. The maximum atomic E-state index is 11.1. The van der Waals surface area contributed by atoms with E-state index < -0.39 is 0 Å². The van der Waals surface area contributed by atoms with Gasteiger partial charge < -0.3 is 9.72 Å². The van der Waals surface area contributed by atoms with Gasteiger partial charge in [0.2, 0.25) is 0 Å². The summed E-state index contributed by atoms with van der Waals surface area (Å²) in [6.45, 7) is 5.59. The molecule has 0 spiro atoms. The molecule has 2 aromatic rings. The molecular formula is C14H16N2O2S. The van der Waals surface area contributed by atoms with Crippen molar-refractivity contribution in [2.75, 3.05) is 12.4 Å². The van der Waals surface area contributed by atoms with E-state index in [2.05, 4.69) is 16.5 Å². The first-order valence-electron chi connectivity index (χ1n) is 6.07. The number of benzene rings is 1. The Kier molecular flexibility index (Phi) is 4.63.